The van der Waals surface area contributed by atoms with Crippen LogP contribution >= 0.6 is 12.4 Å². The molecule has 0 saturated carbocycles. The van der Waals surface area contributed by atoms with Gasteiger partial charge in [-0.25, -0.2) is 0 Å². The molecule has 4 rings (SSSR count). The Bertz CT molecular complexity index is 1170. The molecular formula is C30H33ClF12N2O. The zero-order valence-electron chi connectivity index (χ0n) is 24.2. The molecular weight excluding hydrogens is 668 g/mol. The van der Waals surface area contributed by atoms with Gasteiger partial charge in [0, 0.05) is 26.2 Å². The van der Waals surface area contributed by atoms with Crippen LogP contribution in [0.1, 0.15) is 59.8 Å². The van der Waals surface area contributed by atoms with E-state index in [2.05, 4.69) is 0 Å². The number of halogens is 13. The van der Waals surface area contributed by atoms with Crippen LogP contribution in [0.5, 0.6) is 0 Å². The number of likely N-dealkylation sites (tertiary alicyclic amines) is 2. The van der Waals surface area contributed by atoms with Gasteiger partial charge in [-0.15, -0.1) is 12.4 Å². The maximum absolute atomic E-state index is 14.1. The topological polar surface area (TPSA) is 15.7 Å². The van der Waals surface area contributed by atoms with E-state index in [1.54, 1.807) is 0 Å². The van der Waals surface area contributed by atoms with Crippen LogP contribution in [0.2, 0.25) is 0 Å². The SMILES string of the molecule is Cl.FC(F)(F)c1cccc([C@H]2CCCN(C[C@H](O[C@@H](CN3CCC[C@H](c4cccc(C(F)(F)F)c4)C3)C(F)(F)F)C(F)(F)F)C2)c1. The number of piperidine rings is 2. The van der Waals surface area contributed by atoms with Crippen LogP contribution in [0.3, 0.4) is 0 Å². The first-order valence-corrected chi connectivity index (χ1v) is 14.4. The van der Waals surface area contributed by atoms with E-state index in [1.807, 2.05) is 0 Å². The number of ether oxygens (including phenoxy) is 1. The normalized spacial score (nSPS) is 22.3. The van der Waals surface area contributed by atoms with Crippen molar-refractivity contribution in [1.29, 1.82) is 0 Å². The van der Waals surface area contributed by atoms with Crippen LogP contribution < -0.4 is 0 Å². The van der Waals surface area contributed by atoms with Crippen molar-refractivity contribution in [2.75, 3.05) is 39.3 Å². The van der Waals surface area contributed by atoms with Gasteiger partial charge < -0.3 is 4.74 Å². The van der Waals surface area contributed by atoms with Crippen molar-refractivity contribution in [3.8, 4) is 0 Å². The smallest absolute Gasteiger partial charge is 0.353 e. The Balaban J connectivity index is 0.00000576. The van der Waals surface area contributed by atoms with Crippen molar-refractivity contribution < 1.29 is 57.4 Å². The summed E-state index contributed by atoms with van der Waals surface area (Å²) in [5, 5.41) is 0. The van der Waals surface area contributed by atoms with Gasteiger partial charge in [0.05, 0.1) is 11.1 Å². The quantitative estimate of drug-likeness (QED) is 0.256. The summed E-state index contributed by atoms with van der Waals surface area (Å²) in [6.45, 7) is -1.91. The van der Waals surface area contributed by atoms with Gasteiger partial charge in [-0.1, -0.05) is 36.4 Å². The van der Waals surface area contributed by atoms with E-state index in [0.29, 0.717) is 25.7 Å². The standard InChI is InChI=1S/C30H32F12N2O.ClH/c31-27(32,33)23-9-1-5-19(13-23)21-7-3-11-43(15-21)17-25(29(37,38)39)45-26(30(40,41)42)18-44-12-4-8-22(16-44)20-6-2-10-24(14-20)28(34,35)36;/h1-2,5-6,9-10,13-14,21-22,25-26H,3-4,7-8,11-12,15-18H2;1H/t21-,22-,25-,26-;/m0./s1. The number of nitrogens with zero attached hydrogens (tertiary/aromatic N) is 2. The average Bonchev–Trinajstić information content (AvgIpc) is 2.95. The maximum Gasteiger partial charge on any atom is 0.416 e. The first-order chi connectivity index (χ1) is 20.8. The van der Waals surface area contributed by atoms with Crippen LogP contribution in [-0.4, -0.2) is 73.6 Å². The molecule has 46 heavy (non-hydrogen) atoms. The summed E-state index contributed by atoms with van der Waals surface area (Å²) < 4.78 is 168. The lowest BCUT2D eigenvalue weighted by Gasteiger charge is -2.39. The lowest BCUT2D eigenvalue weighted by molar-refractivity contribution is -0.290. The first kappa shape index (κ1) is 38.2. The van der Waals surface area contributed by atoms with Crippen molar-refractivity contribution in [3.63, 3.8) is 0 Å². The van der Waals surface area contributed by atoms with Gasteiger partial charge in [0.2, 0.25) is 0 Å². The summed E-state index contributed by atoms with van der Waals surface area (Å²) in [6.07, 6.45) is -23.9. The highest BCUT2D eigenvalue weighted by molar-refractivity contribution is 5.85. The minimum absolute atomic E-state index is 0. The number of benzene rings is 2. The van der Waals surface area contributed by atoms with E-state index in [0.717, 1.165) is 24.3 Å². The second-order valence-electron chi connectivity index (χ2n) is 11.6. The van der Waals surface area contributed by atoms with Crippen LogP contribution in [0.25, 0.3) is 0 Å². The molecule has 2 aromatic carbocycles. The number of alkyl halides is 12. The second kappa shape index (κ2) is 14.9. The van der Waals surface area contributed by atoms with E-state index in [-0.39, 0.29) is 49.7 Å². The summed E-state index contributed by atoms with van der Waals surface area (Å²) in [7, 11) is 0. The fourth-order valence-corrected chi connectivity index (χ4v) is 6.04. The molecule has 2 saturated heterocycles. The molecule has 0 amide bonds. The molecule has 3 nitrogen and oxygen atoms in total. The molecule has 4 atom stereocenters. The first-order valence-electron chi connectivity index (χ1n) is 14.4. The van der Waals surface area contributed by atoms with Crippen molar-refractivity contribution in [2.24, 2.45) is 0 Å². The Morgan fingerprint density at radius 3 is 1.30 bits per heavy atom. The summed E-state index contributed by atoms with van der Waals surface area (Å²) in [6, 6.07) is 8.87. The lowest BCUT2D eigenvalue weighted by Crippen LogP contribution is -2.52. The molecule has 16 heteroatoms. The third kappa shape index (κ3) is 10.4. The van der Waals surface area contributed by atoms with E-state index in [4.69, 9.17) is 4.74 Å². The number of hydrogen-bond acceptors (Lipinski definition) is 3. The molecule has 0 radical (unpaired) electrons. The monoisotopic (exact) mass is 700 g/mol. The number of rotatable bonds is 8. The van der Waals surface area contributed by atoms with Crippen LogP contribution in [0, 0.1) is 0 Å². The molecule has 2 heterocycles. The maximum atomic E-state index is 14.1. The molecule has 0 unspecified atom stereocenters. The molecule has 2 aromatic rings. The van der Waals surface area contributed by atoms with E-state index >= 15 is 0 Å². The highest BCUT2D eigenvalue weighted by Gasteiger charge is 2.50. The molecule has 0 bridgehead atoms. The van der Waals surface area contributed by atoms with Gasteiger partial charge in [0.25, 0.3) is 0 Å². The van der Waals surface area contributed by atoms with E-state index in [1.165, 1.54) is 34.1 Å². The van der Waals surface area contributed by atoms with Crippen molar-refractivity contribution in [2.45, 2.75) is 74.4 Å². The van der Waals surface area contributed by atoms with Crippen molar-refractivity contribution in [1.82, 2.24) is 9.80 Å². The largest absolute Gasteiger partial charge is 0.416 e. The Kier molecular flexibility index (Phi) is 12.4. The Morgan fingerprint density at radius 1 is 0.609 bits per heavy atom. The zero-order valence-corrected chi connectivity index (χ0v) is 25.1. The van der Waals surface area contributed by atoms with Crippen molar-refractivity contribution in [3.05, 3.63) is 70.8 Å². The molecule has 2 aliphatic heterocycles. The fourth-order valence-electron chi connectivity index (χ4n) is 6.04. The summed E-state index contributed by atoms with van der Waals surface area (Å²) in [5.41, 5.74) is -1.27. The predicted molar refractivity (Wildman–Crippen MR) is 148 cm³/mol. The summed E-state index contributed by atoms with van der Waals surface area (Å²) >= 11 is 0. The van der Waals surface area contributed by atoms with Gasteiger partial charge in [0.15, 0.2) is 12.2 Å². The zero-order chi connectivity index (χ0) is 33.2. The molecule has 2 fully saturated rings. The number of hydrogen-bond donors (Lipinski definition) is 0. The predicted octanol–water partition coefficient (Wildman–Crippen LogP) is 9.08. The van der Waals surface area contributed by atoms with Crippen LogP contribution in [0.15, 0.2) is 48.5 Å². The van der Waals surface area contributed by atoms with Gasteiger partial charge in [-0.3, -0.25) is 9.80 Å². The van der Waals surface area contributed by atoms with Crippen molar-refractivity contribution >= 4 is 12.4 Å². The van der Waals surface area contributed by atoms with Crippen LogP contribution in [-0.2, 0) is 17.1 Å². The third-order valence-corrected chi connectivity index (χ3v) is 8.29. The molecule has 0 spiro atoms. The second-order valence-corrected chi connectivity index (χ2v) is 11.6. The highest BCUT2D eigenvalue weighted by atomic mass is 35.5. The lowest BCUT2D eigenvalue weighted by atomic mass is 9.89. The average molecular weight is 701 g/mol. The molecule has 2 aliphatic rings. The molecule has 0 aliphatic carbocycles. The third-order valence-electron chi connectivity index (χ3n) is 8.29. The Morgan fingerprint density at radius 2 is 0.978 bits per heavy atom. The summed E-state index contributed by atoms with van der Waals surface area (Å²) in [5.74, 6) is -1.12. The molecule has 260 valence electrons. The van der Waals surface area contributed by atoms with Gasteiger partial charge >= 0.3 is 24.7 Å². The molecule has 0 N–H and O–H groups in total. The van der Waals surface area contributed by atoms with Gasteiger partial charge in [-0.05, 0) is 73.9 Å². The minimum Gasteiger partial charge on any atom is -0.353 e. The van der Waals surface area contributed by atoms with Gasteiger partial charge in [0.1, 0.15) is 0 Å². The highest BCUT2D eigenvalue weighted by Crippen LogP contribution is 2.37. The Labute approximate surface area is 264 Å². The summed E-state index contributed by atoms with van der Waals surface area (Å²) in [4.78, 5) is 2.51. The minimum atomic E-state index is -5.19. The van der Waals surface area contributed by atoms with Crippen LogP contribution in [0.4, 0.5) is 52.7 Å². The van der Waals surface area contributed by atoms with Gasteiger partial charge in [-0.2, -0.15) is 52.7 Å². The fraction of sp³-hybridized carbons (Fsp3) is 0.600. The van der Waals surface area contributed by atoms with E-state index < -0.39 is 73.0 Å². The van der Waals surface area contributed by atoms with E-state index in [9.17, 15) is 52.7 Å². The molecule has 0 aromatic heterocycles. The Hall–Kier alpha value is -2.23.